The third-order valence-corrected chi connectivity index (χ3v) is 4.74. The molecular weight excluding hydrogens is 401 g/mol. The SMILES string of the molecule is C[C@@](O)(C(=O)Nc1ccc(Sc2ccc(F)cc2)c(F)c1Cl)C(F)(F)F. The molecule has 2 aromatic carbocycles. The number of anilines is 1. The van der Waals surface area contributed by atoms with Crippen molar-refractivity contribution in [1.82, 2.24) is 0 Å². The zero-order valence-corrected chi connectivity index (χ0v) is 14.6. The molecule has 0 aliphatic heterocycles. The topological polar surface area (TPSA) is 49.3 Å². The van der Waals surface area contributed by atoms with Gasteiger partial charge in [0.05, 0.1) is 5.69 Å². The van der Waals surface area contributed by atoms with Crippen LogP contribution in [0.25, 0.3) is 0 Å². The second kappa shape index (κ2) is 7.42. The van der Waals surface area contributed by atoms with E-state index in [1.807, 2.05) is 0 Å². The number of rotatable bonds is 4. The molecule has 0 saturated carbocycles. The third kappa shape index (κ3) is 4.28. The van der Waals surface area contributed by atoms with E-state index in [4.69, 9.17) is 11.6 Å². The summed E-state index contributed by atoms with van der Waals surface area (Å²) in [6.45, 7) is 0.269. The Kier molecular flexibility index (Phi) is 5.84. The molecule has 3 nitrogen and oxygen atoms in total. The van der Waals surface area contributed by atoms with Crippen LogP contribution in [-0.4, -0.2) is 22.8 Å². The minimum Gasteiger partial charge on any atom is -0.373 e. The minimum absolute atomic E-state index is 0.0159. The summed E-state index contributed by atoms with van der Waals surface area (Å²) in [5.41, 5.74) is -4.10. The Morgan fingerprint density at radius 3 is 2.23 bits per heavy atom. The van der Waals surface area contributed by atoms with Gasteiger partial charge in [-0.3, -0.25) is 4.79 Å². The van der Waals surface area contributed by atoms with Gasteiger partial charge in [-0.2, -0.15) is 13.2 Å². The number of halogens is 6. The number of nitrogens with one attached hydrogen (secondary N) is 1. The van der Waals surface area contributed by atoms with E-state index in [1.54, 1.807) is 5.32 Å². The molecule has 0 bridgehead atoms. The molecule has 0 fully saturated rings. The summed E-state index contributed by atoms with van der Waals surface area (Å²) < 4.78 is 65.2. The fourth-order valence-electron chi connectivity index (χ4n) is 1.71. The number of amides is 1. The van der Waals surface area contributed by atoms with Gasteiger partial charge >= 0.3 is 6.18 Å². The minimum atomic E-state index is -5.22. The Bertz CT molecular complexity index is 825. The first-order valence-corrected chi connectivity index (χ1v) is 8.15. The van der Waals surface area contributed by atoms with E-state index in [0.717, 1.165) is 17.8 Å². The molecule has 0 heterocycles. The van der Waals surface area contributed by atoms with Crippen LogP contribution in [0, 0.1) is 11.6 Å². The van der Waals surface area contributed by atoms with Gasteiger partial charge < -0.3 is 10.4 Å². The average molecular weight is 412 g/mol. The van der Waals surface area contributed by atoms with Gasteiger partial charge in [0.15, 0.2) is 5.82 Å². The number of aliphatic hydroxyl groups is 1. The van der Waals surface area contributed by atoms with Crippen molar-refractivity contribution in [2.75, 3.05) is 5.32 Å². The summed E-state index contributed by atoms with van der Waals surface area (Å²) in [5.74, 6) is -3.25. The van der Waals surface area contributed by atoms with Gasteiger partial charge in [-0.25, -0.2) is 8.78 Å². The van der Waals surface area contributed by atoms with Crippen molar-refractivity contribution in [1.29, 1.82) is 0 Å². The number of hydrogen-bond acceptors (Lipinski definition) is 3. The molecule has 26 heavy (non-hydrogen) atoms. The molecule has 0 saturated heterocycles. The van der Waals surface area contributed by atoms with E-state index in [9.17, 15) is 31.9 Å². The Hall–Kier alpha value is -1.84. The molecule has 2 rings (SSSR count). The van der Waals surface area contributed by atoms with Crippen LogP contribution in [-0.2, 0) is 4.79 Å². The molecule has 10 heteroatoms. The maximum absolute atomic E-state index is 14.3. The van der Waals surface area contributed by atoms with Crippen molar-refractivity contribution in [3.8, 4) is 0 Å². The van der Waals surface area contributed by atoms with Gasteiger partial charge in [-0.15, -0.1) is 0 Å². The summed E-state index contributed by atoms with van der Waals surface area (Å²) >= 11 is 6.68. The van der Waals surface area contributed by atoms with Crippen LogP contribution in [0.15, 0.2) is 46.2 Å². The Labute approximate surface area is 154 Å². The summed E-state index contributed by atoms with van der Waals surface area (Å²) in [7, 11) is 0. The lowest BCUT2D eigenvalue weighted by atomic mass is 10.1. The molecule has 0 aliphatic carbocycles. The van der Waals surface area contributed by atoms with Crippen LogP contribution >= 0.6 is 23.4 Å². The second-order valence-corrected chi connectivity index (χ2v) is 6.81. The van der Waals surface area contributed by atoms with Crippen molar-refractivity contribution < 1.29 is 31.9 Å². The monoisotopic (exact) mass is 411 g/mol. The number of alkyl halides is 3. The van der Waals surface area contributed by atoms with Gasteiger partial charge in [-0.1, -0.05) is 23.4 Å². The van der Waals surface area contributed by atoms with Crippen molar-refractivity contribution >= 4 is 35.0 Å². The molecule has 1 amide bonds. The van der Waals surface area contributed by atoms with Crippen molar-refractivity contribution in [3.63, 3.8) is 0 Å². The molecule has 0 aromatic heterocycles. The first kappa shape index (κ1) is 20.5. The summed E-state index contributed by atoms with van der Waals surface area (Å²) in [5, 5.41) is 10.4. The Balaban J connectivity index is 2.24. The lowest BCUT2D eigenvalue weighted by molar-refractivity contribution is -0.242. The zero-order valence-electron chi connectivity index (χ0n) is 13.0. The standard InChI is InChI=1S/C16H11ClF5NO2S/c1-15(25,16(20,21)22)14(24)23-10-6-7-11(13(19)12(10)17)26-9-4-2-8(18)3-5-9/h2-7,25H,1H3,(H,23,24)/t15-/m1/s1. The first-order chi connectivity index (χ1) is 11.9. The highest BCUT2D eigenvalue weighted by Crippen LogP contribution is 2.37. The Morgan fingerprint density at radius 1 is 1.12 bits per heavy atom. The smallest absolute Gasteiger partial charge is 0.373 e. The molecule has 140 valence electrons. The molecule has 0 spiro atoms. The fourth-order valence-corrected chi connectivity index (χ4v) is 2.83. The van der Waals surface area contributed by atoms with Crippen LogP contribution < -0.4 is 5.32 Å². The number of hydrogen-bond donors (Lipinski definition) is 2. The summed E-state index contributed by atoms with van der Waals surface area (Å²) in [6.07, 6.45) is -5.22. The van der Waals surface area contributed by atoms with E-state index in [2.05, 4.69) is 0 Å². The predicted octanol–water partition coefficient (Wildman–Crippen LogP) is 5.02. The molecule has 0 aliphatic rings. The first-order valence-electron chi connectivity index (χ1n) is 6.95. The van der Waals surface area contributed by atoms with Crippen molar-refractivity contribution in [3.05, 3.63) is 53.1 Å². The molecule has 0 radical (unpaired) electrons. The van der Waals surface area contributed by atoms with Gasteiger partial charge in [0.25, 0.3) is 5.91 Å². The van der Waals surface area contributed by atoms with Crippen LogP contribution in [0.2, 0.25) is 5.02 Å². The van der Waals surface area contributed by atoms with E-state index in [-0.39, 0.29) is 11.8 Å². The van der Waals surface area contributed by atoms with Crippen LogP contribution in [0.3, 0.4) is 0 Å². The summed E-state index contributed by atoms with van der Waals surface area (Å²) in [6, 6.07) is 7.45. The largest absolute Gasteiger partial charge is 0.426 e. The molecule has 2 N–H and O–H groups in total. The van der Waals surface area contributed by atoms with E-state index >= 15 is 0 Å². The van der Waals surface area contributed by atoms with Gasteiger partial charge in [0.1, 0.15) is 10.8 Å². The maximum atomic E-state index is 14.3. The molecule has 0 unspecified atom stereocenters. The molecule has 2 aromatic rings. The van der Waals surface area contributed by atoms with Gasteiger partial charge in [-0.05, 0) is 43.3 Å². The number of carbonyl (C=O) groups is 1. The molecular formula is C16H11ClF5NO2S. The lowest BCUT2D eigenvalue weighted by Gasteiger charge is -2.25. The van der Waals surface area contributed by atoms with Crippen molar-refractivity contribution in [2.24, 2.45) is 0 Å². The zero-order chi connectivity index (χ0) is 19.7. The fraction of sp³-hybridized carbons (Fsp3) is 0.188. The van der Waals surface area contributed by atoms with Gasteiger partial charge in [0, 0.05) is 9.79 Å². The third-order valence-electron chi connectivity index (χ3n) is 3.33. The van der Waals surface area contributed by atoms with Crippen LogP contribution in [0.4, 0.5) is 27.6 Å². The predicted molar refractivity (Wildman–Crippen MR) is 87.2 cm³/mol. The van der Waals surface area contributed by atoms with Crippen LogP contribution in [0.1, 0.15) is 6.92 Å². The van der Waals surface area contributed by atoms with Crippen LogP contribution in [0.5, 0.6) is 0 Å². The highest BCUT2D eigenvalue weighted by Gasteiger charge is 2.55. The lowest BCUT2D eigenvalue weighted by Crippen LogP contribution is -2.52. The molecule has 1 atom stereocenters. The van der Waals surface area contributed by atoms with E-state index in [0.29, 0.717) is 4.90 Å². The normalized spacial score (nSPS) is 14.0. The Morgan fingerprint density at radius 2 is 1.69 bits per heavy atom. The van der Waals surface area contributed by atoms with E-state index in [1.165, 1.54) is 30.3 Å². The second-order valence-electron chi connectivity index (χ2n) is 5.32. The quantitative estimate of drug-likeness (QED) is 0.694. The average Bonchev–Trinajstić information content (AvgIpc) is 2.55. The van der Waals surface area contributed by atoms with Crippen molar-refractivity contribution in [2.45, 2.75) is 28.5 Å². The van der Waals surface area contributed by atoms with E-state index < -0.39 is 40.0 Å². The highest BCUT2D eigenvalue weighted by molar-refractivity contribution is 7.99. The highest BCUT2D eigenvalue weighted by atomic mass is 35.5. The van der Waals surface area contributed by atoms with Gasteiger partial charge in [0.2, 0.25) is 5.60 Å². The maximum Gasteiger partial charge on any atom is 0.426 e. The number of benzene rings is 2. The number of carbonyl (C=O) groups excluding carboxylic acids is 1. The summed E-state index contributed by atoms with van der Waals surface area (Å²) in [4.78, 5) is 12.2.